The van der Waals surface area contributed by atoms with Crippen LogP contribution in [0, 0.1) is 6.92 Å². The van der Waals surface area contributed by atoms with Crippen molar-refractivity contribution >= 4 is 5.91 Å². The minimum Gasteiger partial charge on any atom is -0.497 e. The highest BCUT2D eigenvalue weighted by Crippen LogP contribution is 2.27. The Morgan fingerprint density at radius 3 is 2.59 bits per heavy atom. The monoisotopic (exact) mass is 436 g/mol. The van der Waals surface area contributed by atoms with Gasteiger partial charge in [0.05, 0.1) is 18.7 Å². The SMILES string of the molecule is COc1ccc(C(CNC(=O)c2ccccc2OCc2noc(C)n2)N2CCCC2)cc1. The van der Waals surface area contributed by atoms with Gasteiger partial charge in [0.2, 0.25) is 11.7 Å². The van der Waals surface area contributed by atoms with Crippen molar-refractivity contribution in [2.24, 2.45) is 0 Å². The maximum atomic E-state index is 13.1. The summed E-state index contributed by atoms with van der Waals surface area (Å²) < 4.78 is 16.1. The van der Waals surface area contributed by atoms with E-state index < -0.39 is 0 Å². The van der Waals surface area contributed by atoms with Crippen LogP contribution in [0.4, 0.5) is 0 Å². The van der Waals surface area contributed by atoms with E-state index in [0.717, 1.165) is 24.4 Å². The minimum atomic E-state index is -0.178. The number of amides is 1. The zero-order valence-corrected chi connectivity index (χ0v) is 18.4. The van der Waals surface area contributed by atoms with E-state index in [1.165, 1.54) is 12.8 Å². The maximum Gasteiger partial charge on any atom is 0.255 e. The van der Waals surface area contributed by atoms with Crippen molar-refractivity contribution in [2.45, 2.75) is 32.4 Å². The average Bonchev–Trinajstić information content (AvgIpc) is 3.50. The molecule has 8 nitrogen and oxygen atoms in total. The molecular formula is C24H28N4O4. The van der Waals surface area contributed by atoms with Crippen molar-refractivity contribution < 1.29 is 18.8 Å². The number of nitrogens with zero attached hydrogens (tertiary/aromatic N) is 3. The number of methoxy groups -OCH3 is 1. The van der Waals surface area contributed by atoms with Crippen LogP contribution in [-0.2, 0) is 6.61 Å². The number of benzene rings is 2. The van der Waals surface area contributed by atoms with E-state index in [4.69, 9.17) is 14.0 Å². The molecule has 32 heavy (non-hydrogen) atoms. The molecule has 168 valence electrons. The van der Waals surface area contributed by atoms with Gasteiger partial charge in [0.15, 0.2) is 6.61 Å². The molecule has 0 radical (unpaired) electrons. The van der Waals surface area contributed by atoms with Crippen LogP contribution in [0.3, 0.4) is 0 Å². The van der Waals surface area contributed by atoms with E-state index in [9.17, 15) is 4.79 Å². The molecule has 1 fully saturated rings. The predicted molar refractivity (Wildman–Crippen MR) is 119 cm³/mol. The van der Waals surface area contributed by atoms with Crippen LogP contribution in [0.25, 0.3) is 0 Å². The molecule has 1 aromatic heterocycles. The van der Waals surface area contributed by atoms with Gasteiger partial charge in [0.1, 0.15) is 11.5 Å². The smallest absolute Gasteiger partial charge is 0.255 e. The Kier molecular flexibility index (Phi) is 7.01. The number of carbonyl (C=O) groups excluding carboxylic acids is 1. The Bertz CT molecular complexity index is 1030. The highest BCUT2D eigenvalue weighted by molar-refractivity contribution is 5.96. The molecule has 1 amide bonds. The largest absolute Gasteiger partial charge is 0.497 e. The predicted octanol–water partition coefficient (Wildman–Crippen LogP) is 3.53. The molecular weight excluding hydrogens is 408 g/mol. The van der Waals surface area contributed by atoms with Gasteiger partial charge in [-0.2, -0.15) is 4.98 Å². The van der Waals surface area contributed by atoms with Crippen molar-refractivity contribution in [1.82, 2.24) is 20.4 Å². The minimum absolute atomic E-state index is 0.0998. The summed E-state index contributed by atoms with van der Waals surface area (Å²) in [5.41, 5.74) is 1.63. The van der Waals surface area contributed by atoms with Crippen LogP contribution < -0.4 is 14.8 Å². The highest BCUT2D eigenvalue weighted by atomic mass is 16.5. The second-order valence-corrected chi connectivity index (χ2v) is 7.76. The van der Waals surface area contributed by atoms with Gasteiger partial charge in [-0.15, -0.1) is 0 Å². The molecule has 1 N–H and O–H groups in total. The van der Waals surface area contributed by atoms with Gasteiger partial charge in [-0.1, -0.05) is 29.4 Å². The molecule has 1 atom stereocenters. The quantitative estimate of drug-likeness (QED) is 0.549. The first-order valence-corrected chi connectivity index (χ1v) is 10.8. The Morgan fingerprint density at radius 2 is 1.91 bits per heavy atom. The molecule has 0 aliphatic carbocycles. The van der Waals surface area contributed by atoms with Gasteiger partial charge in [-0.05, 0) is 55.8 Å². The number of ether oxygens (including phenoxy) is 2. The van der Waals surface area contributed by atoms with Gasteiger partial charge >= 0.3 is 0 Å². The molecule has 0 spiro atoms. The summed E-state index contributed by atoms with van der Waals surface area (Å²) in [6, 6.07) is 15.3. The Balaban J connectivity index is 1.44. The number of likely N-dealkylation sites (tertiary alicyclic amines) is 1. The van der Waals surface area contributed by atoms with Crippen molar-refractivity contribution in [3.63, 3.8) is 0 Å². The molecule has 8 heteroatoms. The van der Waals surface area contributed by atoms with Gasteiger partial charge < -0.3 is 19.3 Å². The number of carbonyl (C=O) groups is 1. The van der Waals surface area contributed by atoms with Gasteiger partial charge in [-0.3, -0.25) is 9.69 Å². The lowest BCUT2D eigenvalue weighted by molar-refractivity contribution is 0.0933. The van der Waals surface area contributed by atoms with Crippen LogP contribution in [0.1, 0.15) is 46.5 Å². The van der Waals surface area contributed by atoms with Gasteiger partial charge in [-0.25, -0.2) is 0 Å². The number of nitrogens with one attached hydrogen (secondary N) is 1. The normalized spacial score (nSPS) is 14.8. The van der Waals surface area contributed by atoms with Crippen LogP contribution in [0.2, 0.25) is 0 Å². The zero-order valence-electron chi connectivity index (χ0n) is 18.4. The summed E-state index contributed by atoms with van der Waals surface area (Å²) in [6.07, 6.45) is 2.35. The van der Waals surface area contributed by atoms with Crippen molar-refractivity contribution in [2.75, 3.05) is 26.7 Å². The zero-order chi connectivity index (χ0) is 22.3. The summed E-state index contributed by atoms with van der Waals surface area (Å²) in [6.45, 7) is 4.40. The van der Waals surface area contributed by atoms with Crippen LogP contribution >= 0.6 is 0 Å². The van der Waals surface area contributed by atoms with Crippen molar-refractivity contribution in [1.29, 1.82) is 0 Å². The molecule has 1 aliphatic heterocycles. The Hall–Kier alpha value is -3.39. The third-order valence-electron chi connectivity index (χ3n) is 5.60. The lowest BCUT2D eigenvalue weighted by Gasteiger charge is -2.28. The average molecular weight is 437 g/mol. The van der Waals surface area contributed by atoms with Crippen LogP contribution in [0.15, 0.2) is 53.1 Å². The molecule has 4 rings (SSSR count). The van der Waals surface area contributed by atoms with Crippen LogP contribution in [-0.4, -0.2) is 47.7 Å². The van der Waals surface area contributed by atoms with E-state index in [1.54, 1.807) is 26.2 Å². The molecule has 2 heterocycles. The van der Waals surface area contributed by atoms with Gasteiger partial charge in [0, 0.05) is 13.5 Å². The first-order valence-electron chi connectivity index (χ1n) is 10.8. The molecule has 2 aromatic carbocycles. The van der Waals surface area contributed by atoms with E-state index in [2.05, 4.69) is 32.5 Å². The molecule has 1 unspecified atom stereocenters. The Morgan fingerprint density at radius 1 is 1.16 bits per heavy atom. The van der Waals surface area contributed by atoms with Crippen LogP contribution in [0.5, 0.6) is 11.5 Å². The first-order chi connectivity index (χ1) is 15.6. The number of rotatable bonds is 9. The fraction of sp³-hybridized carbons (Fsp3) is 0.375. The summed E-state index contributed by atoms with van der Waals surface area (Å²) in [4.78, 5) is 19.6. The lowest BCUT2D eigenvalue weighted by atomic mass is 10.0. The van der Waals surface area contributed by atoms with E-state index in [0.29, 0.717) is 29.6 Å². The van der Waals surface area contributed by atoms with Crippen molar-refractivity contribution in [3.8, 4) is 11.5 Å². The first kappa shape index (κ1) is 21.8. The van der Waals surface area contributed by atoms with E-state index >= 15 is 0 Å². The number of hydrogen-bond donors (Lipinski definition) is 1. The molecule has 3 aromatic rings. The number of hydrogen-bond acceptors (Lipinski definition) is 7. The molecule has 1 aliphatic rings. The third-order valence-corrected chi connectivity index (χ3v) is 5.60. The fourth-order valence-electron chi connectivity index (χ4n) is 3.94. The van der Waals surface area contributed by atoms with Gasteiger partial charge in [0.25, 0.3) is 5.91 Å². The fourth-order valence-corrected chi connectivity index (χ4v) is 3.94. The standard InChI is InChI=1S/C24H28N4O4/c1-17-26-23(27-32-17)16-31-22-8-4-3-7-20(22)24(29)25-15-21(28-13-5-6-14-28)18-9-11-19(30-2)12-10-18/h3-4,7-12,21H,5-6,13-16H2,1-2H3,(H,25,29). The van der Waals surface area contributed by atoms with E-state index in [1.807, 2.05) is 24.3 Å². The molecule has 0 bridgehead atoms. The second kappa shape index (κ2) is 10.3. The summed E-state index contributed by atoms with van der Waals surface area (Å²) in [7, 11) is 1.66. The number of aromatic nitrogens is 2. The molecule has 1 saturated heterocycles. The highest BCUT2D eigenvalue weighted by Gasteiger charge is 2.24. The summed E-state index contributed by atoms with van der Waals surface area (Å²) >= 11 is 0. The third kappa shape index (κ3) is 5.26. The lowest BCUT2D eigenvalue weighted by Crippen LogP contribution is -2.36. The topological polar surface area (TPSA) is 89.7 Å². The second-order valence-electron chi connectivity index (χ2n) is 7.76. The Labute approximate surface area is 187 Å². The number of aryl methyl sites for hydroxylation is 1. The number of para-hydroxylation sites is 1. The summed E-state index contributed by atoms with van der Waals surface area (Å²) in [5, 5.41) is 6.93. The van der Waals surface area contributed by atoms with Crippen molar-refractivity contribution in [3.05, 3.63) is 71.4 Å². The summed E-state index contributed by atoms with van der Waals surface area (Å²) in [5.74, 6) is 2.03. The molecule has 0 saturated carbocycles. The maximum absolute atomic E-state index is 13.1. The van der Waals surface area contributed by atoms with E-state index in [-0.39, 0.29) is 18.6 Å².